The highest BCUT2D eigenvalue weighted by atomic mass is 35.5. The van der Waals surface area contributed by atoms with Crippen molar-refractivity contribution in [1.29, 1.82) is 0 Å². The van der Waals surface area contributed by atoms with Gasteiger partial charge in [0.1, 0.15) is 0 Å². The number of carbonyl (C=O) groups is 1. The first-order chi connectivity index (χ1) is 8.95. The minimum atomic E-state index is -0.264. The molecule has 0 fully saturated rings. The van der Waals surface area contributed by atoms with Gasteiger partial charge >= 0.3 is 0 Å². The summed E-state index contributed by atoms with van der Waals surface area (Å²) in [7, 11) is 0. The number of hydrogen-bond acceptors (Lipinski definition) is 2. The summed E-state index contributed by atoms with van der Waals surface area (Å²) in [5.74, 6) is -0.264. The third kappa shape index (κ3) is 3.40. The van der Waals surface area contributed by atoms with Crippen molar-refractivity contribution in [2.75, 3.05) is 11.1 Å². The zero-order valence-corrected chi connectivity index (χ0v) is 11.7. The summed E-state index contributed by atoms with van der Waals surface area (Å²) in [4.78, 5) is 12.1. The summed E-state index contributed by atoms with van der Waals surface area (Å²) < 4.78 is 0. The Bertz CT molecular complexity index is 621. The maximum absolute atomic E-state index is 12.1. The average molecular weight is 295 g/mol. The van der Waals surface area contributed by atoms with Crippen molar-refractivity contribution in [1.82, 2.24) is 0 Å². The molecule has 0 bridgehead atoms. The molecule has 19 heavy (non-hydrogen) atoms. The van der Waals surface area contributed by atoms with E-state index < -0.39 is 0 Å². The molecule has 1 amide bonds. The van der Waals surface area contributed by atoms with Crippen LogP contribution in [0.15, 0.2) is 36.4 Å². The van der Waals surface area contributed by atoms with Gasteiger partial charge in [-0.15, -0.1) is 0 Å². The Morgan fingerprint density at radius 3 is 2.47 bits per heavy atom. The second-order valence-corrected chi connectivity index (χ2v) is 5.06. The quantitative estimate of drug-likeness (QED) is 0.818. The van der Waals surface area contributed by atoms with Gasteiger partial charge < -0.3 is 11.1 Å². The summed E-state index contributed by atoms with van der Waals surface area (Å²) >= 11 is 11.7. The van der Waals surface area contributed by atoms with Gasteiger partial charge in [-0.25, -0.2) is 0 Å². The summed E-state index contributed by atoms with van der Waals surface area (Å²) in [6, 6.07) is 9.99. The van der Waals surface area contributed by atoms with E-state index in [0.29, 0.717) is 27.0 Å². The predicted molar refractivity (Wildman–Crippen MR) is 80.0 cm³/mol. The molecule has 3 nitrogen and oxygen atoms in total. The number of anilines is 2. The van der Waals surface area contributed by atoms with Gasteiger partial charge in [-0.05, 0) is 48.9 Å². The minimum absolute atomic E-state index is 0.264. The van der Waals surface area contributed by atoms with Crippen LogP contribution in [0.3, 0.4) is 0 Å². The summed E-state index contributed by atoms with van der Waals surface area (Å²) in [5, 5.41) is 3.85. The van der Waals surface area contributed by atoms with E-state index in [4.69, 9.17) is 28.9 Å². The van der Waals surface area contributed by atoms with Crippen molar-refractivity contribution < 1.29 is 4.79 Å². The van der Waals surface area contributed by atoms with Crippen molar-refractivity contribution in [2.45, 2.75) is 6.92 Å². The van der Waals surface area contributed by atoms with Crippen LogP contribution < -0.4 is 11.1 Å². The van der Waals surface area contributed by atoms with Crippen LogP contribution in [0.25, 0.3) is 0 Å². The lowest BCUT2D eigenvalue weighted by Gasteiger charge is -2.09. The van der Waals surface area contributed by atoms with Crippen molar-refractivity contribution in [3.63, 3.8) is 0 Å². The number of nitrogens with one attached hydrogen (secondary N) is 1. The van der Waals surface area contributed by atoms with Gasteiger partial charge in [0, 0.05) is 27.0 Å². The van der Waals surface area contributed by atoms with E-state index >= 15 is 0 Å². The van der Waals surface area contributed by atoms with E-state index in [1.165, 1.54) is 0 Å². The molecule has 0 aliphatic heterocycles. The summed E-state index contributed by atoms with van der Waals surface area (Å²) in [6.45, 7) is 1.87. The van der Waals surface area contributed by atoms with E-state index in [0.717, 1.165) is 5.56 Å². The largest absolute Gasteiger partial charge is 0.399 e. The second-order valence-electron chi connectivity index (χ2n) is 4.19. The number of nitrogen functional groups attached to an aromatic ring is 1. The molecule has 0 radical (unpaired) electrons. The lowest BCUT2D eigenvalue weighted by Crippen LogP contribution is -2.13. The fraction of sp³-hybridized carbons (Fsp3) is 0.0714. The average Bonchev–Trinajstić information content (AvgIpc) is 2.31. The monoisotopic (exact) mass is 294 g/mol. The lowest BCUT2D eigenvalue weighted by molar-refractivity contribution is 0.102. The molecule has 5 heteroatoms. The molecule has 3 N–H and O–H groups in total. The molecule has 2 aromatic rings. The number of carbonyl (C=O) groups excluding carboxylic acids is 1. The third-order valence-corrected chi connectivity index (χ3v) is 3.07. The fourth-order valence-electron chi connectivity index (χ4n) is 1.71. The Hall–Kier alpha value is -1.71. The molecular formula is C14H12Cl2N2O. The third-order valence-electron chi connectivity index (χ3n) is 2.62. The Morgan fingerprint density at radius 1 is 1.11 bits per heavy atom. The highest BCUT2D eigenvalue weighted by molar-refractivity contribution is 6.31. The molecular weight excluding hydrogens is 283 g/mol. The predicted octanol–water partition coefficient (Wildman–Crippen LogP) is 4.14. The van der Waals surface area contributed by atoms with Crippen LogP contribution in [0.4, 0.5) is 11.4 Å². The maximum atomic E-state index is 12.1. The Labute approximate surface area is 121 Å². The van der Waals surface area contributed by atoms with Gasteiger partial charge in [0.2, 0.25) is 0 Å². The van der Waals surface area contributed by atoms with E-state index in [1.807, 2.05) is 6.92 Å². The number of rotatable bonds is 2. The van der Waals surface area contributed by atoms with Gasteiger partial charge in [-0.1, -0.05) is 23.2 Å². The van der Waals surface area contributed by atoms with Crippen molar-refractivity contribution in [3.05, 3.63) is 57.6 Å². The number of halogens is 2. The van der Waals surface area contributed by atoms with Gasteiger partial charge in [0.25, 0.3) is 5.91 Å². The van der Waals surface area contributed by atoms with Crippen LogP contribution in [0.1, 0.15) is 15.9 Å². The standard InChI is InChI=1S/C14H12Cl2N2O/c1-8-4-10(15)2-3-13(8)18-14(19)9-5-11(16)7-12(17)6-9/h2-7H,17H2,1H3,(H,18,19). The van der Waals surface area contributed by atoms with Crippen molar-refractivity contribution in [2.24, 2.45) is 0 Å². The Morgan fingerprint density at radius 2 is 1.84 bits per heavy atom. The Balaban J connectivity index is 2.25. The Kier molecular flexibility index (Phi) is 3.98. The second kappa shape index (κ2) is 5.51. The molecule has 0 aliphatic carbocycles. The van der Waals surface area contributed by atoms with Gasteiger partial charge in [-0.2, -0.15) is 0 Å². The number of aryl methyl sites for hydroxylation is 1. The van der Waals surface area contributed by atoms with E-state index in [9.17, 15) is 4.79 Å². The topological polar surface area (TPSA) is 55.1 Å². The normalized spacial score (nSPS) is 10.3. The first-order valence-electron chi connectivity index (χ1n) is 5.59. The highest BCUT2D eigenvalue weighted by Gasteiger charge is 2.09. The van der Waals surface area contributed by atoms with Gasteiger partial charge in [0.05, 0.1) is 0 Å². The van der Waals surface area contributed by atoms with E-state index in [1.54, 1.807) is 36.4 Å². The maximum Gasteiger partial charge on any atom is 0.255 e. The molecule has 0 aliphatic rings. The van der Waals surface area contributed by atoms with Crippen LogP contribution in [0.5, 0.6) is 0 Å². The number of nitrogens with two attached hydrogens (primary N) is 1. The van der Waals surface area contributed by atoms with Gasteiger partial charge in [-0.3, -0.25) is 4.79 Å². The molecule has 0 saturated heterocycles. The zero-order valence-electron chi connectivity index (χ0n) is 10.2. The van der Waals surface area contributed by atoms with Crippen LogP contribution in [-0.2, 0) is 0 Å². The fourth-order valence-corrected chi connectivity index (χ4v) is 2.18. The van der Waals surface area contributed by atoms with E-state index in [-0.39, 0.29) is 5.91 Å². The number of benzene rings is 2. The molecule has 2 rings (SSSR count). The SMILES string of the molecule is Cc1cc(Cl)ccc1NC(=O)c1cc(N)cc(Cl)c1. The van der Waals surface area contributed by atoms with E-state index in [2.05, 4.69) is 5.32 Å². The van der Waals surface area contributed by atoms with Crippen molar-refractivity contribution >= 4 is 40.5 Å². The van der Waals surface area contributed by atoms with Crippen LogP contribution >= 0.6 is 23.2 Å². The molecule has 0 aromatic heterocycles. The molecule has 0 spiro atoms. The highest BCUT2D eigenvalue weighted by Crippen LogP contribution is 2.22. The van der Waals surface area contributed by atoms with Crippen LogP contribution in [-0.4, -0.2) is 5.91 Å². The smallest absolute Gasteiger partial charge is 0.255 e. The minimum Gasteiger partial charge on any atom is -0.399 e. The van der Waals surface area contributed by atoms with Crippen LogP contribution in [0, 0.1) is 6.92 Å². The van der Waals surface area contributed by atoms with Crippen LogP contribution in [0.2, 0.25) is 10.0 Å². The first-order valence-corrected chi connectivity index (χ1v) is 6.35. The molecule has 0 atom stereocenters. The molecule has 2 aromatic carbocycles. The summed E-state index contributed by atoms with van der Waals surface area (Å²) in [6.07, 6.45) is 0. The molecule has 98 valence electrons. The molecule has 0 unspecified atom stereocenters. The molecule has 0 saturated carbocycles. The summed E-state index contributed by atoms with van der Waals surface area (Å²) in [5.41, 5.74) is 8.11. The number of amides is 1. The number of hydrogen-bond donors (Lipinski definition) is 2. The lowest BCUT2D eigenvalue weighted by atomic mass is 10.1. The first kappa shape index (κ1) is 13.7. The zero-order chi connectivity index (χ0) is 14.0. The van der Waals surface area contributed by atoms with Gasteiger partial charge in [0.15, 0.2) is 0 Å². The molecule has 0 heterocycles. The van der Waals surface area contributed by atoms with Crippen molar-refractivity contribution in [3.8, 4) is 0 Å².